The first-order chi connectivity index (χ1) is 17.5. The highest BCUT2D eigenvalue weighted by Gasteiger charge is 2.55. The molecule has 0 amide bonds. The fourth-order valence-electron chi connectivity index (χ4n) is 5.51. The summed E-state index contributed by atoms with van der Waals surface area (Å²) in [7, 11) is 1.80. The molecule has 1 aliphatic carbocycles. The van der Waals surface area contributed by atoms with Crippen molar-refractivity contribution < 1.29 is 13.2 Å². The summed E-state index contributed by atoms with van der Waals surface area (Å²) in [6.45, 7) is 3.74. The van der Waals surface area contributed by atoms with E-state index in [1.54, 1.807) is 42.5 Å². The molecule has 194 valence electrons. The van der Waals surface area contributed by atoms with Gasteiger partial charge in [-0.3, -0.25) is 4.68 Å². The molecule has 0 atom stereocenters. The van der Waals surface area contributed by atoms with Crippen LogP contribution in [0.25, 0.3) is 22.8 Å². The summed E-state index contributed by atoms with van der Waals surface area (Å²) >= 11 is 0. The predicted octanol–water partition coefficient (Wildman–Crippen LogP) is 4.81. The van der Waals surface area contributed by atoms with Crippen LogP contribution in [0.1, 0.15) is 44.5 Å². The van der Waals surface area contributed by atoms with E-state index < -0.39 is 30.1 Å². The highest BCUT2D eigenvalue weighted by molar-refractivity contribution is 5.70. The largest absolute Gasteiger partial charge is 0.338 e. The van der Waals surface area contributed by atoms with Crippen molar-refractivity contribution in [1.82, 2.24) is 39.1 Å². The van der Waals surface area contributed by atoms with Crippen LogP contribution in [0.3, 0.4) is 0 Å². The second-order valence-corrected chi connectivity index (χ2v) is 10.6. The number of anilines is 2. The van der Waals surface area contributed by atoms with Crippen LogP contribution in [0, 0.1) is 6.92 Å². The number of hydrogen-bond acceptors (Lipinski definition) is 6. The Bertz CT molecular complexity index is 1490. The number of aromatic nitrogens is 8. The Morgan fingerprint density at radius 2 is 1.92 bits per heavy atom. The zero-order valence-corrected chi connectivity index (χ0v) is 21.1. The van der Waals surface area contributed by atoms with E-state index in [-0.39, 0.29) is 0 Å². The summed E-state index contributed by atoms with van der Waals surface area (Å²) in [6.07, 6.45) is 6.94. The number of hydrogen-bond donors (Lipinski definition) is 1. The van der Waals surface area contributed by atoms with Gasteiger partial charge in [-0.1, -0.05) is 6.42 Å². The summed E-state index contributed by atoms with van der Waals surface area (Å²) in [5.74, 6) is -1.39. The second kappa shape index (κ2) is 7.90. The third-order valence-corrected chi connectivity index (χ3v) is 7.75. The van der Waals surface area contributed by atoms with E-state index in [2.05, 4.69) is 30.6 Å². The average Bonchev–Trinajstić information content (AvgIpc) is 3.46. The summed E-state index contributed by atoms with van der Waals surface area (Å²) in [6, 6.07) is 3.59. The van der Waals surface area contributed by atoms with Gasteiger partial charge in [0, 0.05) is 31.1 Å². The van der Waals surface area contributed by atoms with Crippen LogP contribution < -0.4 is 5.32 Å². The fourth-order valence-corrected chi connectivity index (χ4v) is 5.51. The lowest BCUT2D eigenvalue weighted by atomic mass is 9.60. The molecule has 1 N–H and O–H groups in total. The number of halogens is 3. The van der Waals surface area contributed by atoms with Crippen molar-refractivity contribution >= 4 is 11.8 Å². The number of nitrogens with zero attached hydrogens (tertiary/aromatic N) is 8. The van der Waals surface area contributed by atoms with E-state index in [4.69, 9.17) is 0 Å². The molecule has 5 heterocycles. The van der Waals surface area contributed by atoms with Crippen LogP contribution in [0.5, 0.6) is 0 Å². The zero-order chi connectivity index (χ0) is 26.2. The standard InChI is InChI=1S/C25H28F3N9/c1-15-11-29-22(31-18-6-9-30-35(18)4)32-19(15)16-10-17-20-33-34-21(24(7-5-8-24)23(2,3)26)37(20)14-25(27,28)13-36(17)12-16/h6,9-12H,5,7-8,13-14H2,1-4H3,(H,29,31,32). The Kier molecular flexibility index (Phi) is 5.06. The normalized spacial score (nSPS) is 18.0. The first-order valence-electron chi connectivity index (χ1n) is 12.3. The van der Waals surface area contributed by atoms with Gasteiger partial charge in [-0.15, -0.1) is 10.2 Å². The van der Waals surface area contributed by atoms with Crippen LogP contribution in [-0.2, 0) is 25.6 Å². The Morgan fingerprint density at radius 1 is 1.14 bits per heavy atom. The molecule has 0 radical (unpaired) electrons. The highest BCUT2D eigenvalue weighted by atomic mass is 19.3. The van der Waals surface area contributed by atoms with Crippen molar-refractivity contribution in [3.05, 3.63) is 42.1 Å². The third kappa shape index (κ3) is 3.72. The third-order valence-electron chi connectivity index (χ3n) is 7.75. The van der Waals surface area contributed by atoms with Crippen LogP contribution in [0.4, 0.5) is 24.9 Å². The molecule has 2 aliphatic rings. The Balaban J connectivity index is 1.45. The maximum Gasteiger partial charge on any atom is 0.283 e. The lowest BCUT2D eigenvalue weighted by Gasteiger charge is -2.47. The van der Waals surface area contributed by atoms with Crippen molar-refractivity contribution in [1.29, 1.82) is 0 Å². The van der Waals surface area contributed by atoms with Gasteiger partial charge in [0.25, 0.3) is 5.92 Å². The van der Waals surface area contributed by atoms with Crippen molar-refractivity contribution in [3.8, 4) is 22.8 Å². The number of aryl methyl sites for hydroxylation is 2. The summed E-state index contributed by atoms with van der Waals surface area (Å²) in [5, 5.41) is 15.9. The van der Waals surface area contributed by atoms with Crippen LogP contribution in [0.2, 0.25) is 0 Å². The van der Waals surface area contributed by atoms with Crippen LogP contribution >= 0.6 is 0 Å². The highest BCUT2D eigenvalue weighted by Crippen LogP contribution is 2.53. The summed E-state index contributed by atoms with van der Waals surface area (Å²) in [5.41, 5.74) is 0.0124. The SMILES string of the molecule is Cc1cnc(Nc2ccnn2C)nc1-c1cc2n(c1)CC(F)(F)Cn1c-2nnc1C1(C(C)(C)F)CCC1. The van der Waals surface area contributed by atoms with Crippen molar-refractivity contribution in [2.75, 3.05) is 5.32 Å². The molecule has 4 aromatic heterocycles. The van der Waals surface area contributed by atoms with Gasteiger partial charge in [0.15, 0.2) is 5.82 Å². The minimum atomic E-state index is -3.08. The van der Waals surface area contributed by atoms with Gasteiger partial charge in [0.1, 0.15) is 17.3 Å². The first-order valence-corrected chi connectivity index (χ1v) is 12.3. The maximum atomic E-state index is 15.4. The number of alkyl halides is 3. The zero-order valence-electron chi connectivity index (χ0n) is 21.1. The van der Waals surface area contributed by atoms with Gasteiger partial charge >= 0.3 is 0 Å². The molecule has 1 saturated carbocycles. The van der Waals surface area contributed by atoms with Crippen molar-refractivity contribution in [2.45, 2.75) is 70.1 Å². The molecule has 0 bridgehead atoms. The van der Waals surface area contributed by atoms with Gasteiger partial charge < -0.3 is 14.5 Å². The van der Waals surface area contributed by atoms with E-state index in [0.717, 1.165) is 12.0 Å². The van der Waals surface area contributed by atoms with E-state index in [0.29, 0.717) is 53.2 Å². The predicted molar refractivity (Wildman–Crippen MR) is 131 cm³/mol. The van der Waals surface area contributed by atoms with E-state index in [1.807, 2.05) is 6.92 Å². The minimum Gasteiger partial charge on any atom is -0.338 e. The van der Waals surface area contributed by atoms with Gasteiger partial charge in [-0.25, -0.2) is 23.1 Å². The smallest absolute Gasteiger partial charge is 0.283 e. The number of rotatable bonds is 5. The van der Waals surface area contributed by atoms with E-state index in [9.17, 15) is 0 Å². The monoisotopic (exact) mass is 511 g/mol. The fraction of sp³-hybridized carbons (Fsp3) is 0.480. The molecule has 0 saturated heterocycles. The van der Waals surface area contributed by atoms with Gasteiger partial charge in [-0.05, 0) is 45.2 Å². The summed E-state index contributed by atoms with van der Waals surface area (Å²) in [4.78, 5) is 9.01. The Labute approximate surface area is 211 Å². The van der Waals surface area contributed by atoms with Gasteiger partial charge in [-0.2, -0.15) is 5.10 Å². The molecular weight excluding hydrogens is 483 g/mol. The molecule has 1 fully saturated rings. The topological polar surface area (TPSA) is 91.3 Å². The van der Waals surface area contributed by atoms with Gasteiger partial charge in [0.05, 0.1) is 36.1 Å². The maximum absolute atomic E-state index is 15.4. The number of fused-ring (bicyclic) bond motifs is 3. The molecule has 4 aromatic rings. The minimum absolute atomic E-state index is 0.304. The average molecular weight is 512 g/mol. The van der Waals surface area contributed by atoms with Crippen molar-refractivity contribution in [2.24, 2.45) is 7.05 Å². The molecule has 9 nitrogen and oxygen atoms in total. The molecule has 1 aliphatic heterocycles. The Morgan fingerprint density at radius 3 is 2.57 bits per heavy atom. The first kappa shape index (κ1) is 23.7. The molecule has 0 unspecified atom stereocenters. The molecule has 0 aromatic carbocycles. The Hall–Kier alpha value is -3.70. The molecule has 6 rings (SSSR count). The number of nitrogens with one attached hydrogen (secondary N) is 1. The molecular formula is C25H28F3N9. The lowest BCUT2D eigenvalue weighted by Crippen LogP contribution is -2.51. The van der Waals surface area contributed by atoms with Crippen molar-refractivity contribution in [3.63, 3.8) is 0 Å². The molecule has 37 heavy (non-hydrogen) atoms. The van der Waals surface area contributed by atoms with E-state index in [1.165, 1.54) is 23.0 Å². The lowest BCUT2D eigenvalue weighted by molar-refractivity contribution is -0.0356. The molecule has 12 heteroatoms. The molecule has 0 spiro atoms. The quantitative estimate of drug-likeness (QED) is 0.414. The van der Waals surface area contributed by atoms with Crippen LogP contribution in [0.15, 0.2) is 30.7 Å². The summed E-state index contributed by atoms with van der Waals surface area (Å²) < 4.78 is 50.5. The second-order valence-electron chi connectivity index (χ2n) is 10.6. The van der Waals surface area contributed by atoms with E-state index >= 15 is 13.2 Å². The van der Waals surface area contributed by atoms with Crippen LogP contribution in [-0.4, -0.2) is 50.7 Å². The van der Waals surface area contributed by atoms with Gasteiger partial charge in [0.2, 0.25) is 5.95 Å².